The highest BCUT2D eigenvalue weighted by Crippen LogP contribution is 2.44. The van der Waals surface area contributed by atoms with Crippen LogP contribution in [-0.4, -0.2) is 61.8 Å². The molecule has 4 aromatic rings. The monoisotopic (exact) mass is 627 g/mol. The van der Waals surface area contributed by atoms with Crippen LogP contribution in [0.25, 0.3) is 11.1 Å². The zero-order valence-corrected chi connectivity index (χ0v) is 26.5. The fourth-order valence-electron chi connectivity index (χ4n) is 5.99. The van der Waals surface area contributed by atoms with Gasteiger partial charge in [-0.3, -0.25) is 9.69 Å². The predicted octanol–water partition coefficient (Wildman–Crippen LogP) is 5.49. The highest BCUT2D eigenvalue weighted by Gasteiger charge is 2.32. The van der Waals surface area contributed by atoms with Gasteiger partial charge in [-0.2, -0.15) is 0 Å². The van der Waals surface area contributed by atoms with Gasteiger partial charge in [0.2, 0.25) is 0 Å². The van der Waals surface area contributed by atoms with Crippen molar-refractivity contribution in [2.24, 2.45) is 0 Å². The zero-order chi connectivity index (χ0) is 32.8. The van der Waals surface area contributed by atoms with Crippen LogP contribution in [0.3, 0.4) is 0 Å². The van der Waals surface area contributed by atoms with Gasteiger partial charge in [0.05, 0.1) is 13.2 Å². The van der Waals surface area contributed by atoms with Crippen molar-refractivity contribution in [2.45, 2.75) is 37.9 Å². The smallest absolute Gasteiger partial charge is 0.407 e. The molecule has 2 atom stereocenters. The molecule has 1 saturated heterocycles. The Labute approximate surface area is 275 Å². The van der Waals surface area contributed by atoms with Gasteiger partial charge in [-0.25, -0.2) is 9.59 Å². The molecule has 0 aromatic heterocycles. The first-order valence-corrected chi connectivity index (χ1v) is 15.8. The number of benzene rings is 4. The summed E-state index contributed by atoms with van der Waals surface area (Å²) in [5, 5.41) is 5.38. The molecule has 8 heteroatoms. The number of hydrogen-bond donors (Lipinski definition) is 2. The van der Waals surface area contributed by atoms with Crippen molar-refractivity contribution in [2.75, 3.05) is 26.8 Å². The fourth-order valence-corrected chi connectivity index (χ4v) is 5.99. The Morgan fingerprint density at radius 1 is 0.809 bits per heavy atom. The number of ether oxygens (including phenoxy) is 2. The van der Waals surface area contributed by atoms with Gasteiger partial charge in [-0.1, -0.05) is 72.5 Å². The summed E-state index contributed by atoms with van der Waals surface area (Å²) in [6, 6.07) is 29.2. The highest BCUT2D eigenvalue weighted by atomic mass is 16.5. The highest BCUT2D eigenvalue weighted by molar-refractivity contribution is 5.97. The normalized spacial score (nSPS) is 14.7. The summed E-state index contributed by atoms with van der Waals surface area (Å²) in [4.78, 5) is 41.1. The number of fused-ring (bicyclic) bond motifs is 3. The van der Waals surface area contributed by atoms with Crippen LogP contribution in [-0.2, 0) is 20.8 Å². The van der Waals surface area contributed by atoms with E-state index < -0.39 is 30.1 Å². The van der Waals surface area contributed by atoms with E-state index in [1.807, 2.05) is 48.5 Å². The van der Waals surface area contributed by atoms with Crippen LogP contribution in [0.2, 0.25) is 0 Å². The molecule has 6 rings (SSSR count). The third-order valence-electron chi connectivity index (χ3n) is 8.74. The lowest BCUT2D eigenvalue weighted by Gasteiger charge is -2.30. The van der Waals surface area contributed by atoms with E-state index in [1.54, 1.807) is 31.2 Å². The molecular weight excluding hydrogens is 590 g/mol. The zero-order valence-electron chi connectivity index (χ0n) is 26.5. The molecular formula is C39H37N3O5. The van der Waals surface area contributed by atoms with Crippen LogP contribution >= 0.6 is 0 Å². The van der Waals surface area contributed by atoms with Gasteiger partial charge < -0.3 is 20.1 Å². The maximum atomic E-state index is 13.1. The number of methoxy groups -OCH3 is 1. The van der Waals surface area contributed by atoms with Crippen LogP contribution in [0.4, 0.5) is 4.79 Å². The third-order valence-corrected chi connectivity index (χ3v) is 8.74. The number of hydrogen-bond acceptors (Lipinski definition) is 6. The third kappa shape index (κ3) is 7.37. The minimum Gasteiger partial charge on any atom is -0.467 e. The second kappa shape index (κ2) is 14.4. The van der Waals surface area contributed by atoms with Crippen molar-refractivity contribution in [3.8, 4) is 23.0 Å². The molecule has 8 nitrogen and oxygen atoms in total. The van der Waals surface area contributed by atoms with Crippen LogP contribution in [0.5, 0.6) is 0 Å². The Bertz CT molecular complexity index is 1770. The van der Waals surface area contributed by atoms with Gasteiger partial charge in [0.15, 0.2) is 0 Å². The first-order chi connectivity index (χ1) is 22.9. The molecule has 238 valence electrons. The molecule has 47 heavy (non-hydrogen) atoms. The largest absolute Gasteiger partial charge is 0.467 e. The molecule has 2 amide bonds. The maximum absolute atomic E-state index is 13.1. The van der Waals surface area contributed by atoms with Gasteiger partial charge >= 0.3 is 12.1 Å². The average molecular weight is 628 g/mol. The van der Waals surface area contributed by atoms with Crippen molar-refractivity contribution < 1.29 is 23.9 Å². The Hall–Kier alpha value is -5.39. The van der Waals surface area contributed by atoms with Gasteiger partial charge in [-0.05, 0) is 90.6 Å². The Morgan fingerprint density at radius 3 is 1.94 bits per heavy atom. The summed E-state index contributed by atoms with van der Waals surface area (Å²) >= 11 is 0. The predicted molar refractivity (Wildman–Crippen MR) is 180 cm³/mol. The lowest BCUT2D eigenvalue weighted by atomic mass is 9.98. The van der Waals surface area contributed by atoms with E-state index in [2.05, 4.69) is 51.6 Å². The number of rotatable bonds is 9. The van der Waals surface area contributed by atoms with Crippen molar-refractivity contribution in [3.63, 3.8) is 0 Å². The molecule has 1 fully saturated rings. The van der Waals surface area contributed by atoms with Gasteiger partial charge in [-0.15, -0.1) is 0 Å². The Kier molecular flexibility index (Phi) is 9.65. The van der Waals surface area contributed by atoms with E-state index in [0.717, 1.165) is 53.0 Å². The first kappa shape index (κ1) is 31.6. The van der Waals surface area contributed by atoms with E-state index in [1.165, 1.54) is 19.1 Å². The lowest BCUT2D eigenvalue weighted by Crippen LogP contribution is -2.54. The second-order valence-electron chi connectivity index (χ2n) is 11.9. The molecule has 1 aliphatic heterocycles. The number of nitrogens with zero attached hydrogens (tertiary/aromatic N) is 1. The summed E-state index contributed by atoms with van der Waals surface area (Å²) in [6.45, 7) is 5.03. The van der Waals surface area contributed by atoms with E-state index in [4.69, 9.17) is 9.47 Å². The van der Waals surface area contributed by atoms with Crippen LogP contribution in [0.1, 0.15) is 57.4 Å². The average Bonchev–Trinajstić information content (AvgIpc) is 3.40. The van der Waals surface area contributed by atoms with Crippen molar-refractivity contribution in [3.05, 3.63) is 130 Å². The van der Waals surface area contributed by atoms with Crippen LogP contribution < -0.4 is 10.6 Å². The number of alkyl carbamates (subject to hydrolysis) is 1. The quantitative estimate of drug-likeness (QED) is 0.188. The van der Waals surface area contributed by atoms with Gasteiger partial charge in [0.1, 0.15) is 12.6 Å². The second-order valence-corrected chi connectivity index (χ2v) is 11.9. The number of amides is 2. The molecule has 1 aliphatic carbocycles. The minimum atomic E-state index is -1.14. The molecule has 2 N–H and O–H groups in total. The Balaban J connectivity index is 1.04. The van der Waals surface area contributed by atoms with E-state index in [-0.39, 0.29) is 12.5 Å². The topological polar surface area (TPSA) is 97.0 Å². The Morgan fingerprint density at radius 2 is 1.38 bits per heavy atom. The number of esters is 1. The van der Waals surface area contributed by atoms with Crippen LogP contribution in [0, 0.1) is 11.8 Å². The number of nitrogens with one attached hydrogen (secondary N) is 2. The summed E-state index contributed by atoms with van der Waals surface area (Å²) in [6.07, 6.45) is 0.576. The molecule has 2 aliphatic rings. The van der Waals surface area contributed by atoms with Crippen molar-refractivity contribution in [1.29, 1.82) is 0 Å². The number of carbonyl (C=O) groups excluding carboxylic acids is 3. The summed E-state index contributed by atoms with van der Waals surface area (Å²) < 4.78 is 10.6. The SMILES string of the molecule is COC(=O)C(NC(=O)c1ccc(C#Cc2ccc(CN3CCC3)cc2)cc1)C(C)NC(=O)OCC1c2ccccc2-c2ccccc21. The number of carbonyl (C=O) groups is 3. The lowest BCUT2D eigenvalue weighted by molar-refractivity contribution is -0.143. The molecule has 2 unspecified atom stereocenters. The van der Waals surface area contributed by atoms with Crippen molar-refractivity contribution in [1.82, 2.24) is 15.5 Å². The molecule has 1 heterocycles. The van der Waals surface area contributed by atoms with E-state index >= 15 is 0 Å². The summed E-state index contributed by atoms with van der Waals surface area (Å²) in [5.41, 5.74) is 7.73. The summed E-state index contributed by atoms with van der Waals surface area (Å²) in [5.74, 6) is 5.02. The fraction of sp³-hybridized carbons (Fsp3) is 0.256. The maximum Gasteiger partial charge on any atom is 0.407 e. The molecule has 0 spiro atoms. The van der Waals surface area contributed by atoms with Gasteiger partial charge in [0, 0.05) is 29.2 Å². The molecule has 0 bridgehead atoms. The number of likely N-dealkylation sites (tertiary alicyclic amines) is 1. The van der Waals surface area contributed by atoms with E-state index in [9.17, 15) is 14.4 Å². The summed E-state index contributed by atoms with van der Waals surface area (Å²) in [7, 11) is 1.23. The molecule has 0 saturated carbocycles. The van der Waals surface area contributed by atoms with E-state index in [0.29, 0.717) is 5.56 Å². The molecule has 4 aromatic carbocycles. The minimum absolute atomic E-state index is 0.104. The van der Waals surface area contributed by atoms with Gasteiger partial charge in [0.25, 0.3) is 5.91 Å². The first-order valence-electron chi connectivity index (χ1n) is 15.8. The van der Waals surface area contributed by atoms with Crippen molar-refractivity contribution >= 4 is 18.0 Å². The molecule has 0 radical (unpaired) electrons. The van der Waals surface area contributed by atoms with Crippen LogP contribution in [0.15, 0.2) is 97.1 Å². The standard InChI is InChI=1S/C39H37N3O5/c1-26(40-39(45)47-25-35-33-10-5-3-8-31(33)32-9-4-6-11-34(32)35)36(38(44)46-2)41-37(43)30-20-18-28(19-21-30)13-12-27-14-16-29(17-15-27)24-42-22-7-23-42/h3-6,8-11,14-21,26,35-36H,7,22-25H2,1-2H3,(H,40,45)(H,41,43).